The Hall–Kier alpha value is -0.730. The number of hydrogen-bond donors (Lipinski definition) is 2. The van der Waals surface area contributed by atoms with Gasteiger partial charge in [-0.1, -0.05) is 0 Å². The summed E-state index contributed by atoms with van der Waals surface area (Å²) in [4.78, 5) is 11.3. The molecule has 1 amide bonds. The summed E-state index contributed by atoms with van der Waals surface area (Å²) < 4.78 is 20.9. The van der Waals surface area contributed by atoms with Gasteiger partial charge in [0.25, 0.3) is 5.91 Å². The molecule has 3 N–H and O–H groups in total. The third-order valence-electron chi connectivity index (χ3n) is 1.99. The van der Waals surface area contributed by atoms with E-state index >= 15 is 0 Å². The normalized spacial score (nSPS) is 25.2. The molecule has 94 valence electrons. The van der Waals surface area contributed by atoms with Gasteiger partial charge in [-0.15, -0.1) is 0 Å². The predicted molar refractivity (Wildman–Crippen MR) is 54.5 cm³/mol. The van der Waals surface area contributed by atoms with Crippen molar-refractivity contribution < 1.29 is 23.7 Å². The minimum atomic E-state index is -0.701. The molecule has 0 bridgehead atoms. The molecule has 0 saturated carbocycles. The molecule has 0 radical (unpaired) electrons. The highest BCUT2D eigenvalue weighted by atomic mass is 16.6. The van der Waals surface area contributed by atoms with Crippen molar-refractivity contribution in [2.24, 2.45) is 5.84 Å². The van der Waals surface area contributed by atoms with Gasteiger partial charge < -0.3 is 18.9 Å². The smallest absolute Gasteiger partial charge is 0.265 e. The van der Waals surface area contributed by atoms with Crippen molar-refractivity contribution in [3.63, 3.8) is 0 Å². The van der Waals surface area contributed by atoms with Crippen LogP contribution < -0.4 is 11.3 Å². The monoisotopic (exact) mass is 234 g/mol. The summed E-state index contributed by atoms with van der Waals surface area (Å²) in [5, 5.41) is 0. The van der Waals surface area contributed by atoms with Crippen LogP contribution in [0.5, 0.6) is 0 Å². The molecule has 1 atom stereocenters. The minimum absolute atomic E-state index is 0.159. The molecule has 7 nitrogen and oxygen atoms in total. The van der Waals surface area contributed by atoms with Crippen LogP contribution in [0.4, 0.5) is 0 Å². The summed E-state index contributed by atoms with van der Waals surface area (Å²) >= 11 is 0. The van der Waals surface area contributed by atoms with E-state index in [1.807, 2.05) is 5.43 Å². The lowest BCUT2D eigenvalue weighted by Crippen LogP contribution is -2.43. The van der Waals surface area contributed by atoms with E-state index in [0.717, 1.165) is 0 Å². The zero-order valence-corrected chi connectivity index (χ0v) is 9.15. The summed E-state index contributed by atoms with van der Waals surface area (Å²) in [6.45, 7) is 2.83. The second kappa shape index (κ2) is 8.43. The van der Waals surface area contributed by atoms with Gasteiger partial charge in [0.2, 0.25) is 0 Å². The van der Waals surface area contributed by atoms with E-state index in [1.54, 1.807) is 0 Å². The molecule has 0 aliphatic carbocycles. The van der Waals surface area contributed by atoms with Crippen LogP contribution in [0, 0.1) is 0 Å². The quantitative estimate of drug-likeness (QED) is 0.323. The number of nitrogens with one attached hydrogen (secondary N) is 1. The van der Waals surface area contributed by atoms with Crippen LogP contribution in [0.25, 0.3) is 0 Å². The topological polar surface area (TPSA) is 92.0 Å². The molecule has 7 heteroatoms. The third-order valence-corrected chi connectivity index (χ3v) is 1.99. The van der Waals surface area contributed by atoms with E-state index in [1.165, 1.54) is 0 Å². The van der Waals surface area contributed by atoms with Gasteiger partial charge in [-0.05, 0) is 0 Å². The average Bonchev–Trinajstić information content (AvgIpc) is 2.29. The highest BCUT2D eigenvalue weighted by Crippen LogP contribution is 1.96. The number of amides is 1. The molecule has 0 aromatic heterocycles. The first-order valence-electron chi connectivity index (χ1n) is 5.20. The summed E-state index contributed by atoms with van der Waals surface area (Å²) in [7, 11) is 0. The van der Waals surface area contributed by atoms with E-state index in [9.17, 15) is 4.79 Å². The predicted octanol–water partition coefficient (Wildman–Crippen LogP) is -1.58. The number of ether oxygens (including phenoxy) is 4. The van der Waals surface area contributed by atoms with Crippen LogP contribution in [-0.4, -0.2) is 58.3 Å². The van der Waals surface area contributed by atoms with Crippen LogP contribution in [0.3, 0.4) is 0 Å². The Kier molecular flexibility index (Phi) is 7.02. The summed E-state index contributed by atoms with van der Waals surface area (Å²) in [5.41, 5.74) is 2.03. The van der Waals surface area contributed by atoms with Gasteiger partial charge in [-0.25, -0.2) is 5.84 Å². The molecule has 1 unspecified atom stereocenters. The fourth-order valence-electron chi connectivity index (χ4n) is 1.17. The van der Waals surface area contributed by atoms with Crippen LogP contribution in [0.15, 0.2) is 0 Å². The van der Waals surface area contributed by atoms with Gasteiger partial charge >= 0.3 is 0 Å². The summed E-state index contributed by atoms with van der Waals surface area (Å²) in [6.07, 6.45) is -0.701. The van der Waals surface area contributed by atoms with Crippen molar-refractivity contribution in [3.05, 3.63) is 0 Å². The van der Waals surface area contributed by atoms with E-state index in [0.29, 0.717) is 39.6 Å². The fraction of sp³-hybridized carbons (Fsp3) is 0.889. The Bertz CT molecular complexity index is 190. The van der Waals surface area contributed by atoms with Crippen molar-refractivity contribution in [2.75, 3.05) is 46.2 Å². The zero-order chi connectivity index (χ0) is 11.6. The molecule has 1 rings (SSSR count). The van der Waals surface area contributed by atoms with Gasteiger partial charge in [-0.3, -0.25) is 10.2 Å². The number of carbonyl (C=O) groups is 1. The second-order valence-corrected chi connectivity index (χ2v) is 3.17. The number of hydrogen-bond acceptors (Lipinski definition) is 6. The Morgan fingerprint density at radius 2 is 1.56 bits per heavy atom. The molecule has 1 saturated heterocycles. The van der Waals surface area contributed by atoms with E-state index < -0.39 is 12.0 Å². The maximum atomic E-state index is 11.3. The van der Waals surface area contributed by atoms with Crippen molar-refractivity contribution >= 4 is 5.91 Å². The Labute approximate surface area is 94.1 Å². The van der Waals surface area contributed by atoms with Crippen LogP contribution in [-0.2, 0) is 23.7 Å². The molecular weight excluding hydrogens is 216 g/mol. The molecule has 0 aromatic carbocycles. The van der Waals surface area contributed by atoms with E-state index in [2.05, 4.69) is 0 Å². The van der Waals surface area contributed by atoms with E-state index in [4.69, 9.17) is 24.8 Å². The Morgan fingerprint density at radius 1 is 1.00 bits per heavy atom. The van der Waals surface area contributed by atoms with Gasteiger partial charge in [0.15, 0.2) is 6.10 Å². The van der Waals surface area contributed by atoms with Gasteiger partial charge in [0, 0.05) is 0 Å². The molecular formula is C9H18N2O5. The van der Waals surface area contributed by atoms with Crippen LogP contribution in [0.1, 0.15) is 0 Å². The molecule has 16 heavy (non-hydrogen) atoms. The Balaban J connectivity index is 2.33. The highest BCUT2D eigenvalue weighted by molar-refractivity contribution is 5.80. The lowest BCUT2D eigenvalue weighted by Gasteiger charge is -2.17. The number of rotatable bonds is 1. The van der Waals surface area contributed by atoms with Gasteiger partial charge in [-0.2, -0.15) is 0 Å². The van der Waals surface area contributed by atoms with Crippen molar-refractivity contribution in [3.8, 4) is 0 Å². The van der Waals surface area contributed by atoms with Crippen molar-refractivity contribution in [1.29, 1.82) is 0 Å². The molecule has 0 spiro atoms. The standard InChI is InChI=1S/C9H18N2O5/c10-11-9(12)8-7-15-4-3-13-1-2-14-5-6-16-8/h8H,1-7,10H2,(H,11,12). The van der Waals surface area contributed by atoms with E-state index in [-0.39, 0.29) is 6.61 Å². The largest absolute Gasteiger partial charge is 0.377 e. The second-order valence-electron chi connectivity index (χ2n) is 3.17. The Morgan fingerprint density at radius 3 is 2.19 bits per heavy atom. The highest BCUT2D eigenvalue weighted by Gasteiger charge is 2.18. The average molecular weight is 234 g/mol. The SMILES string of the molecule is NNC(=O)C1COCCOCCOCCO1. The lowest BCUT2D eigenvalue weighted by atomic mass is 10.3. The number of nitrogens with two attached hydrogens (primary N) is 1. The van der Waals surface area contributed by atoms with Crippen molar-refractivity contribution in [1.82, 2.24) is 5.43 Å². The number of carbonyl (C=O) groups excluding carboxylic acids is 1. The summed E-state index contributed by atoms with van der Waals surface area (Å²) in [5.74, 6) is 4.62. The first-order chi connectivity index (χ1) is 7.84. The van der Waals surface area contributed by atoms with Crippen molar-refractivity contribution in [2.45, 2.75) is 6.10 Å². The third kappa shape index (κ3) is 5.38. The molecule has 0 aromatic rings. The summed E-state index contributed by atoms with van der Waals surface area (Å²) in [6, 6.07) is 0. The maximum Gasteiger partial charge on any atom is 0.265 e. The first-order valence-corrected chi connectivity index (χ1v) is 5.20. The fourth-order valence-corrected chi connectivity index (χ4v) is 1.17. The zero-order valence-electron chi connectivity index (χ0n) is 9.15. The molecule has 1 heterocycles. The number of hydrazine groups is 1. The van der Waals surface area contributed by atoms with Gasteiger partial charge in [0.05, 0.1) is 46.2 Å². The molecule has 1 fully saturated rings. The molecule has 1 aliphatic heterocycles. The first kappa shape index (κ1) is 13.3. The molecule has 1 aliphatic rings. The van der Waals surface area contributed by atoms with Gasteiger partial charge in [0.1, 0.15) is 0 Å². The lowest BCUT2D eigenvalue weighted by molar-refractivity contribution is -0.140. The van der Waals surface area contributed by atoms with Crippen LogP contribution in [0.2, 0.25) is 0 Å². The minimum Gasteiger partial charge on any atom is -0.377 e. The van der Waals surface area contributed by atoms with Crippen LogP contribution >= 0.6 is 0 Å². The maximum absolute atomic E-state index is 11.3.